The van der Waals surface area contributed by atoms with Gasteiger partial charge in [0.2, 0.25) is 0 Å². The summed E-state index contributed by atoms with van der Waals surface area (Å²) in [5, 5.41) is 7.07. The monoisotopic (exact) mass is 380 g/mol. The first-order valence-corrected chi connectivity index (χ1v) is 8.99. The van der Waals surface area contributed by atoms with E-state index in [0.717, 1.165) is 22.7 Å². The van der Waals surface area contributed by atoms with Gasteiger partial charge in [0.15, 0.2) is 0 Å². The minimum absolute atomic E-state index is 0.182. The molecular formula is C21H24N4O3. The number of aromatic nitrogens is 2. The van der Waals surface area contributed by atoms with Crippen molar-refractivity contribution in [3.8, 4) is 11.5 Å². The molecule has 0 unspecified atom stereocenters. The van der Waals surface area contributed by atoms with Crippen molar-refractivity contribution in [1.29, 1.82) is 0 Å². The van der Waals surface area contributed by atoms with Gasteiger partial charge >= 0.3 is 6.03 Å². The summed E-state index contributed by atoms with van der Waals surface area (Å²) in [5.74, 6) is 1.52. The van der Waals surface area contributed by atoms with Gasteiger partial charge in [-0.3, -0.25) is 4.68 Å². The number of methoxy groups -OCH3 is 1. The Hall–Kier alpha value is -3.48. The molecule has 2 aromatic carbocycles. The number of carbonyl (C=O) groups excluding carboxylic acids is 1. The topological polar surface area (TPSA) is 68.6 Å². The van der Waals surface area contributed by atoms with E-state index in [1.54, 1.807) is 25.3 Å². The van der Waals surface area contributed by atoms with Crippen LogP contribution < -0.4 is 14.8 Å². The second-order valence-electron chi connectivity index (χ2n) is 6.28. The predicted molar refractivity (Wildman–Crippen MR) is 108 cm³/mol. The number of likely N-dealkylation sites (N-methyl/N-ethyl adjacent to an activating group) is 1. The number of urea groups is 1. The number of ether oxygens (including phenoxy) is 2. The lowest BCUT2D eigenvalue weighted by Gasteiger charge is -2.18. The lowest BCUT2D eigenvalue weighted by atomic mass is 10.2. The molecule has 3 rings (SSSR count). The molecule has 1 N–H and O–H groups in total. The van der Waals surface area contributed by atoms with E-state index in [1.807, 2.05) is 65.5 Å². The SMILES string of the molecule is COc1ccc(OCCN(C)C(=O)Nc2ccc(Cn3cccn3)cc2)cc1. The molecule has 0 spiro atoms. The van der Waals surface area contributed by atoms with Crippen LogP contribution in [0.3, 0.4) is 0 Å². The Morgan fingerprint density at radius 3 is 2.46 bits per heavy atom. The van der Waals surface area contributed by atoms with Crippen LogP contribution in [-0.4, -0.2) is 48.0 Å². The van der Waals surface area contributed by atoms with Crippen LogP contribution in [0.25, 0.3) is 0 Å². The molecule has 1 heterocycles. The van der Waals surface area contributed by atoms with E-state index in [-0.39, 0.29) is 6.03 Å². The quantitative estimate of drug-likeness (QED) is 0.650. The number of nitrogens with zero attached hydrogens (tertiary/aromatic N) is 3. The summed E-state index contributed by atoms with van der Waals surface area (Å²) in [6, 6.07) is 16.8. The third kappa shape index (κ3) is 5.51. The highest BCUT2D eigenvalue weighted by Crippen LogP contribution is 2.17. The van der Waals surface area contributed by atoms with Gasteiger partial charge < -0.3 is 19.7 Å². The van der Waals surface area contributed by atoms with Crippen LogP contribution in [-0.2, 0) is 6.54 Å². The Morgan fingerprint density at radius 1 is 1.11 bits per heavy atom. The first-order chi connectivity index (χ1) is 13.6. The normalized spacial score (nSPS) is 10.4. The van der Waals surface area contributed by atoms with Gasteiger partial charge in [-0.05, 0) is 48.0 Å². The van der Waals surface area contributed by atoms with E-state index in [9.17, 15) is 4.79 Å². The number of benzene rings is 2. The van der Waals surface area contributed by atoms with Crippen LogP contribution in [0.4, 0.5) is 10.5 Å². The number of carbonyl (C=O) groups is 1. The van der Waals surface area contributed by atoms with E-state index in [4.69, 9.17) is 9.47 Å². The van der Waals surface area contributed by atoms with Crippen LogP contribution >= 0.6 is 0 Å². The molecule has 146 valence electrons. The molecule has 0 atom stereocenters. The summed E-state index contributed by atoms with van der Waals surface area (Å²) in [4.78, 5) is 13.9. The van der Waals surface area contributed by atoms with Crippen molar-refractivity contribution in [3.63, 3.8) is 0 Å². The Morgan fingerprint density at radius 2 is 1.82 bits per heavy atom. The van der Waals surface area contributed by atoms with E-state index in [2.05, 4.69) is 10.4 Å². The molecule has 0 saturated heterocycles. The van der Waals surface area contributed by atoms with Gasteiger partial charge in [0.05, 0.1) is 20.2 Å². The van der Waals surface area contributed by atoms with E-state index in [1.165, 1.54) is 0 Å². The molecule has 0 fully saturated rings. The molecule has 0 aliphatic rings. The Kier molecular flexibility index (Phi) is 6.51. The second-order valence-corrected chi connectivity index (χ2v) is 6.28. The standard InChI is InChI=1S/C21H24N4O3/c1-24(14-15-28-20-10-8-19(27-2)9-11-20)21(26)23-18-6-4-17(5-7-18)16-25-13-3-12-22-25/h3-13H,14-16H2,1-2H3,(H,23,26). The van der Waals surface area contributed by atoms with Crippen molar-refractivity contribution < 1.29 is 14.3 Å². The Balaban J connectivity index is 1.43. The minimum atomic E-state index is -0.182. The van der Waals surface area contributed by atoms with Gasteiger partial charge in [0.1, 0.15) is 18.1 Å². The molecule has 0 bridgehead atoms. The third-order valence-corrected chi connectivity index (χ3v) is 4.21. The number of nitrogens with one attached hydrogen (secondary N) is 1. The highest BCUT2D eigenvalue weighted by atomic mass is 16.5. The zero-order valence-electron chi connectivity index (χ0n) is 16.0. The Bertz CT molecular complexity index is 862. The molecule has 7 nitrogen and oxygen atoms in total. The summed E-state index contributed by atoms with van der Waals surface area (Å²) in [6.45, 7) is 1.57. The van der Waals surface area contributed by atoms with Crippen molar-refractivity contribution in [2.75, 3.05) is 32.6 Å². The smallest absolute Gasteiger partial charge is 0.321 e. The maximum absolute atomic E-state index is 12.3. The summed E-state index contributed by atoms with van der Waals surface area (Å²) in [5.41, 5.74) is 1.86. The molecule has 2 amide bonds. The zero-order valence-corrected chi connectivity index (χ0v) is 16.0. The molecule has 0 aliphatic carbocycles. The molecular weight excluding hydrogens is 356 g/mol. The molecule has 0 aliphatic heterocycles. The van der Waals surface area contributed by atoms with Gasteiger partial charge in [-0.15, -0.1) is 0 Å². The van der Waals surface area contributed by atoms with Crippen molar-refractivity contribution in [2.45, 2.75) is 6.54 Å². The fourth-order valence-corrected chi connectivity index (χ4v) is 2.57. The minimum Gasteiger partial charge on any atom is -0.497 e. The van der Waals surface area contributed by atoms with Crippen LogP contribution in [0, 0.1) is 0 Å². The highest BCUT2D eigenvalue weighted by molar-refractivity contribution is 5.89. The van der Waals surface area contributed by atoms with Crippen molar-refractivity contribution >= 4 is 11.7 Å². The third-order valence-electron chi connectivity index (χ3n) is 4.21. The fraction of sp³-hybridized carbons (Fsp3) is 0.238. The van der Waals surface area contributed by atoms with Crippen LogP contribution in [0.5, 0.6) is 11.5 Å². The maximum atomic E-state index is 12.3. The first-order valence-electron chi connectivity index (χ1n) is 8.99. The highest BCUT2D eigenvalue weighted by Gasteiger charge is 2.09. The summed E-state index contributed by atoms with van der Waals surface area (Å²) in [6.07, 6.45) is 3.67. The number of rotatable bonds is 8. The van der Waals surface area contributed by atoms with Gasteiger partial charge in [0.25, 0.3) is 0 Å². The first kappa shape index (κ1) is 19.3. The summed E-state index contributed by atoms with van der Waals surface area (Å²) < 4.78 is 12.6. The molecule has 0 saturated carbocycles. The van der Waals surface area contributed by atoms with E-state index < -0.39 is 0 Å². The summed E-state index contributed by atoms with van der Waals surface area (Å²) >= 11 is 0. The van der Waals surface area contributed by atoms with Gasteiger partial charge in [-0.25, -0.2) is 4.79 Å². The second kappa shape index (κ2) is 9.45. The molecule has 28 heavy (non-hydrogen) atoms. The van der Waals surface area contributed by atoms with Gasteiger partial charge in [-0.1, -0.05) is 12.1 Å². The van der Waals surface area contributed by atoms with Crippen molar-refractivity contribution in [3.05, 3.63) is 72.6 Å². The van der Waals surface area contributed by atoms with Crippen LogP contribution in [0.2, 0.25) is 0 Å². The lowest BCUT2D eigenvalue weighted by molar-refractivity contribution is 0.207. The van der Waals surface area contributed by atoms with E-state index in [0.29, 0.717) is 19.7 Å². The molecule has 7 heteroatoms. The van der Waals surface area contributed by atoms with Crippen molar-refractivity contribution in [2.24, 2.45) is 0 Å². The number of hydrogen-bond donors (Lipinski definition) is 1. The zero-order chi connectivity index (χ0) is 19.8. The van der Waals surface area contributed by atoms with Gasteiger partial charge in [-0.2, -0.15) is 5.10 Å². The molecule has 0 radical (unpaired) electrons. The number of anilines is 1. The summed E-state index contributed by atoms with van der Waals surface area (Å²) in [7, 11) is 3.36. The van der Waals surface area contributed by atoms with Gasteiger partial charge in [0, 0.05) is 25.1 Å². The van der Waals surface area contributed by atoms with Crippen LogP contribution in [0.1, 0.15) is 5.56 Å². The molecule has 1 aromatic heterocycles. The number of amides is 2. The van der Waals surface area contributed by atoms with Crippen LogP contribution in [0.15, 0.2) is 67.0 Å². The lowest BCUT2D eigenvalue weighted by Crippen LogP contribution is -2.34. The Labute approximate surface area is 164 Å². The number of hydrogen-bond acceptors (Lipinski definition) is 4. The predicted octanol–water partition coefficient (Wildman–Crippen LogP) is 3.48. The maximum Gasteiger partial charge on any atom is 0.321 e. The fourth-order valence-electron chi connectivity index (χ4n) is 2.57. The average molecular weight is 380 g/mol. The average Bonchev–Trinajstić information content (AvgIpc) is 3.23. The van der Waals surface area contributed by atoms with Crippen molar-refractivity contribution in [1.82, 2.24) is 14.7 Å². The largest absolute Gasteiger partial charge is 0.497 e. The molecule has 3 aromatic rings. The van der Waals surface area contributed by atoms with E-state index >= 15 is 0 Å².